The van der Waals surface area contributed by atoms with Gasteiger partial charge in [-0.25, -0.2) is 4.79 Å². The number of benzene rings is 3. The molecule has 0 radical (unpaired) electrons. The summed E-state index contributed by atoms with van der Waals surface area (Å²) < 4.78 is 16.1. The molecule has 0 saturated heterocycles. The molecule has 0 unspecified atom stereocenters. The van der Waals surface area contributed by atoms with E-state index >= 15 is 0 Å². The van der Waals surface area contributed by atoms with E-state index in [-0.39, 0.29) is 51.8 Å². The molecule has 0 bridgehead atoms. The third-order valence-corrected chi connectivity index (χ3v) is 4.31. The van der Waals surface area contributed by atoms with Crippen LogP contribution in [0.1, 0.15) is 10.4 Å². The zero-order valence-electron chi connectivity index (χ0n) is 13.4. The number of hydrogen-bond donors (Lipinski definition) is 5. The molecule has 1 heterocycles. The van der Waals surface area contributed by atoms with Crippen LogP contribution in [-0.4, -0.2) is 40.5 Å². The lowest BCUT2D eigenvalue weighted by molar-refractivity contribution is -1.19. The number of methoxy groups -OCH3 is 1. The minimum Gasteiger partial charge on any atom is -0.508 e. The number of carboxylic acids is 1. The van der Waals surface area contributed by atoms with Gasteiger partial charge in [0.05, 0.1) is 18.1 Å². The van der Waals surface area contributed by atoms with Gasteiger partial charge in [0.15, 0.2) is 11.5 Å². The van der Waals surface area contributed by atoms with Gasteiger partial charge in [-0.3, -0.25) is 0 Å². The fourth-order valence-corrected chi connectivity index (χ4v) is 3.28. The van der Waals surface area contributed by atoms with Crippen LogP contribution >= 0.6 is 0 Å². The average Bonchev–Trinajstić information content (AvgIpc) is 3.07. The molecule has 26 heavy (non-hydrogen) atoms. The van der Waals surface area contributed by atoms with E-state index in [0.29, 0.717) is 10.8 Å². The number of carbonyl (C=O) groups is 1. The first-order chi connectivity index (χ1) is 12.4. The van der Waals surface area contributed by atoms with Crippen LogP contribution in [0.3, 0.4) is 0 Å². The summed E-state index contributed by atoms with van der Waals surface area (Å²) in [6, 6.07) is 5.45. The van der Waals surface area contributed by atoms with Crippen molar-refractivity contribution >= 4 is 33.2 Å². The monoisotopic (exact) mass is 360 g/mol. The molecule has 0 spiro atoms. The van der Waals surface area contributed by atoms with Gasteiger partial charge in [-0.15, -0.1) is 0 Å². The predicted octanol–water partition coefficient (Wildman–Crippen LogP) is 1.43. The van der Waals surface area contributed by atoms with Crippen molar-refractivity contribution in [2.24, 2.45) is 0 Å². The average molecular weight is 360 g/mol. The van der Waals surface area contributed by atoms with E-state index in [1.165, 1.54) is 31.4 Å². The Hall–Kier alpha value is -3.27. The highest BCUT2D eigenvalue weighted by Crippen LogP contribution is 2.48. The Morgan fingerprint density at radius 1 is 1.12 bits per heavy atom. The molecule has 0 atom stereocenters. The number of hydrogen-bond acceptors (Lipinski definition) is 7. The largest absolute Gasteiger partial charge is 0.508 e. The first kappa shape index (κ1) is 16.2. The van der Waals surface area contributed by atoms with Gasteiger partial charge in [-0.2, -0.15) is 10.4 Å². The van der Waals surface area contributed by atoms with Crippen LogP contribution in [0.25, 0.3) is 21.5 Å². The van der Waals surface area contributed by atoms with Crippen molar-refractivity contribution in [2.45, 2.75) is 0 Å². The highest BCUT2D eigenvalue weighted by atomic mass is 16.8. The Kier molecular flexibility index (Phi) is 3.51. The molecular weight excluding hydrogens is 346 g/mol. The molecule has 1 aliphatic rings. The normalized spacial score (nSPS) is 12.9. The zero-order valence-corrected chi connectivity index (χ0v) is 13.4. The lowest BCUT2D eigenvalue weighted by Gasteiger charge is -2.15. The van der Waals surface area contributed by atoms with Crippen molar-refractivity contribution in [3.63, 3.8) is 0 Å². The number of aromatic carboxylic acids is 1. The Labute approximate surface area is 145 Å². The molecule has 3 aromatic rings. The lowest BCUT2D eigenvalue weighted by atomic mass is 9.94. The number of phenols is 1. The third-order valence-electron chi connectivity index (χ3n) is 4.31. The van der Waals surface area contributed by atoms with Gasteiger partial charge in [0, 0.05) is 28.3 Å². The summed E-state index contributed by atoms with van der Waals surface area (Å²) in [6.45, 7) is -0.107. The van der Waals surface area contributed by atoms with E-state index < -0.39 is 11.2 Å². The number of ether oxygens (including phenoxy) is 3. The zero-order chi connectivity index (χ0) is 18.6. The molecule has 0 saturated carbocycles. The van der Waals surface area contributed by atoms with E-state index in [1.807, 2.05) is 0 Å². The van der Waals surface area contributed by atoms with Gasteiger partial charge in [-0.05, 0) is 17.4 Å². The topological polar surface area (TPSA) is 130 Å². The molecule has 9 nitrogen and oxygen atoms in total. The number of quaternary nitrogens is 1. The molecule has 134 valence electrons. The maximum Gasteiger partial charge on any atom is 0.336 e. The number of aromatic hydroxyl groups is 1. The molecule has 0 fully saturated rings. The Balaban J connectivity index is 2.33. The van der Waals surface area contributed by atoms with Crippen LogP contribution in [0, 0.1) is 0 Å². The van der Waals surface area contributed by atoms with Crippen molar-refractivity contribution in [3.05, 3.63) is 29.8 Å². The number of carboxylic acid groups (broad SMARTS) is 1. The molecule has 0 aromatic heterocycles. The number of phenolic OH excluding ortho intramolecular Hbond substituents is 1. The van der Waals surface area contributed by atoms with E-state index in [2.05, 4.69) is 0 Å². The molecule has 5 N–H and O–H groups in total. The lowest BCUT2D eigenvalue weighted by Crippen LogP contribution is -3.02. The third kappa shape index (κ3) is 2.19. The van der Waals surface area contributed by atoms with Crippen LogP contribution in [-0.2, 0) is 0 Å². The standard InChI is InChI=1S/C17H13NO8/c1-24-12-3-7(19)2-9-8(12)4-11(18(22)23)14-10(17(20)21)5-13-16(15(9)14)26-6-25-13/h2-5,19,22-23H,6H2,1H3,(H,20,21)/p+1. The maximum absolute atomic E-state index is 11.8. The van der Waals surface area contributed by atoms with Gasteiger partial charge in [-0.1, -0.05) is 0 Å². The molecule has 9 heteroatoms. The van der Waals surface area contributed by atoms with E-state index in [4.69, 9.17) is 14.2 Å². The Morgan fingerprint density at radius 2 is 1.88 bits per heavy atom. The fraction of sp³-hybridized carbons (Fsp3) is 0.118. The van der Waals surface area contributed by atoms with Gasteiger partial charge < -0.3 is 24.4 Å². The second-order valence-corrected chi connectivity index (χ2v) is 5.70. The number of fused-ring (bicyclic) bond motifs is 5. The van der Waals surface area contributed by atoms with Crippen molar-refractivity contribution in [2.75, 3.05) is 13.9 Å². The van der Waals surface area contributed by atoms with Crippen molar-refractivity contribution in [3.8, 4) is 23.0 Å². The minimum atomic E-state index is -1.28. The van der Waals surface area contributed by atoms with Crippen molar-refractivity contribution in [1.29, 1.82) is 0 Å². The summed E-state index contributed by atoms with van der Waals surface area (Å²) in [5, 5.41) is 39.3. The Bertz CT molecular complexity index is 1080. The molecule has 0 amide bonds. The van der Waals surface area contributed by atoms with E-state index in [1.54, 1.807) is 0 Å². The smallest absolute Gasteiger partial charge is 0.336 e. The van der Waals surface area contributed by atoms with Gasteiger partial charge in [0.1, 0.15) is 11.5 Å². The van der Waals surface area contributed by atoms with E-state index in [9.17, 15) is 25.4 Å². The second kappa shape index (κ2) is 5.63. The predicted molar refractivity (Wildman–Crippen MR) is 86.9 cm³/mol. The minimum absolute atomic E-state index is 0.0573. The highest BCUT2D eigenvalue weighted by Gasteiger charge is 2.30. The van der Waals surface area contributed by atoms with Crippen LogP contribution in [0.2, 0.25) is 0 Å². The van der Waals surface area contributed by atoms with Crippen LogP contribution in [0.15, 0.2) is 24.3 Å². The summed E-state index contributed by atoms with van der Waals surface area (Å²) in [6.07, 6.45) is 0. The summed E-state index contributed by atoms with van der Waals surface area (Å²) in [7, 11) is 1.40. The summed E-state index contributed by atoms with van der Waals surface area (Å²) >= 11 is 0. The summed E-state index contributed by atoms with van der Waals surface area (Å²) in [5.41, 5.74) is -0.295. The molecule has 1 aliphatic heterocycles. The van der Waals surface area contributed by atoms with Gasteiger partial charge in [0.2, 0.25) is 12.5 Å². The summed E-state index contributed by atoms with van der Waals surface area (Å²) in [5.74, 6) is -0.632. The quantitative estimate of drug-likeness (QED) is 0.350. The SMILES string of the molecule is COc1cc(O)cc2c1cc([NH+](O)O)c1c(C(=O)O)cc3c(c12)OCO3. The van der Waals surface area contributed by atoms with E-state index in [0.717, 1.165) is 0 Å². The number of nitrogens with one attached hydrogen (secondary N) is 1. The molecule has 4 rings (SSSR count). The van der Waals surface area contributed by atoms with Crippen molar-refractivity contribution in [1.82, 2.24) is 0 Å². The second-order valence-electron chi connectivity index (χ2n) is 5.70. The first-order valence-corrected chi connectivity index (χ1v) is 7.51. The maximum atomic E-state index is 11.8. The fourth-order valence-electron chi connectivity index (χ4n) is 3.28. The van der Waals surface area contributed by atoms with Crippen LogP contribution in [0.5, 0.6) is 23.0 Å². The first-order valence-electron chi connectivity index (χ1n) is 7.51. The highest BCUT2D eigenvalue weighted by molar-refractivity contribution is 6.22. The molecule has 0 aliphatic carbocycles. The summed E-state index contributed by atoms with van der Waals surface area (Å²) in [4.78, 5) is 11.8. The van der Waals surface area contributed by atoms with Crippen LogP contribution < -0.4 is 19.4 Å². The molecule has 3 aromatic carbocycles. The van der Waals surface area contributed by atoms with Gasteiger partial charge >= 0.3 is 5.97 Å². The molecular formula is C17H14NO8+. The Morgan fingerprint density at radius 3 is 2.54 bits per heavy atom. The number of rotatable bonds is 3. The van der Waals surface area contributed by atoms with Crippen LogP contribution in [0.4, 0.5) is 5.69 Å². The van der Waals surface area contributed by atoms with Crippen molar-refractivity contribution < 1.29 is 44.9 Å². The van der Waals surface area contributed by atoms with Gasteiger partial charge in [0.25, 0.3) is 0 Å².